The molecule has 0 fully saturated rings. The summed E-state index contributed by atoms with van der Waals surface area (Å²) in [4.78, 5) is 0. The first-order chi connectivity index (χ1) is 6.20. The molecule has 1 N–H and O–H groups in total. The average molecular weight is 208 g/mol. The van der Waals surface area contributed by atoms with Crippen molar-refractivity contribution in [3.63, 3.8) is 0 Å². The molecule has 0 aliphatic heterocycles. The molecular weight excluding hydrogens is 186 g/mol. The van der Waals surface area contributed by atoms with Crippen molar-refractivity contribution in [3.05, 3.63) is 0 Å². The van der Waals surface area contributed by atoms with E-state index in [0.29, 0.717) is 6.61 Å². The van der Waals surface area contributed by atoms with Gasteiger partial charge in [-0.1, -0.05) is 20.3 Å². The number of hydrogen-bond donors (Lipinski definition) is 1. The van der Waals surface area contributed by atoms with Gasteiger partial charge in [-0.2, -0.15) is 0 Å². The van der Waals surface area contributed by atoms with Gasteiger partial charge in [0.2, 0.25) is 0 Å². The number of nitrogens with one attached hydrogen (secondary N) is 1. The predicted octanol–water partition coefficient (Wildman–Crippen LogP) is 2.27. The normalized spacial score (nSPS) is 15.7. The molecule has 0 amide bonds. The van der Waals surface area contributed by atoms with E-state index in [2.05, 4.69) is 19.2 Å². The molecule has 0 heterocycles. The fourth-order valence-corrected chi connectivity index (χ4v) is 1.56. The molecule has 0 aliphatic rings. The Labute approximate surface area is 87.0 Å². The van der Waals surface area contributed by atoms with E-state index in [4.69, 9.17) is 16.3 Å². The monoisotopic (exact) mass is 207 g/mol. The SMILES string of the molecule is CCCC(C)CNCC(Cl)COC. The van der Waals surface area contributed by atoms with Crippen LogP contribution < -0.4 is 5.32 Å². The van der Waals surface area contributed by atoms with Crippen LogP contribution in [0.4, 0.5) is 0 Å². The Morgan fingerprint density at radius 1 is 1.38 bits per heavy atom. The number of ether oxygens (including phenoxy) is 1. The minimum absolute atomic E-state index is 0.0961. The molecule has 0 spiro atoms. The van der Waals surface area contributed by atoms with Gasteiger partial charge in [-0.3, -0.25) is 0 Å². The van der Waals surface area contributed by atoms with Gasteiger partial charge in [0.1, 0.15) is 0 Å². The highest BCUT2D eigenvalue weighted by Crippen LogP contribution is 2.03. The lowest BCUT2D eigenvalue weighted by molar-refractivity contribution is 0.196. The molecule has 2 unspecified atom stereocenters. The van der Waals surface area contributed by atoms with Crippen LogP contribution in [0.1, 0.15) is 26.7 Å². The summed E-state index contributed by atoms with van der Waals surface area (Å²) in [5.74, 6) is 0.747. The third-order valence-corrected chi connectivity index (χ3v) is 2.27. The Balaban J connectivity index is 3.23. The molecule has 0 rings (SSSR count). The molecular formula is C10H22ClNO. The Morgan fingerprint density at radius 3 is 2.62 bits per heavy atom. The summed E-state index contributed by atoms with van der Waals surface area (Å²) in [5, 5.41) is 3.44. The van der Waals surface area contributed by atoms with E-state index in [0.717, 1.165) is 19.0 Å². The minimum atomic E-state index is 0.0961. The molecule has 0 radical (unpaired) electrons. The summed E-state index contributed by atoms with van der Waals surface area (Å²) < 4.78 is 4.94. The number of rotatable bonds is 8. The summed E-state index contributed by atoms with van der Waals surface area (Å²) in [6.07, 6.45) is 2.54. The zero-order valence-electron chi connectivity index (χ0n) is 8.98. The van der Waals surface area contributed by atoms with E-state index in [1.54, 1.807) is 7.11 Å². The van der Waals surface area contributed by atoms with Gasteiger partial charge in [0.15, 0.2) is 0 Å². The molecule has 0 aromatic carbocycles. The summed E-state index contributed by atoms with van der Waals surface area (Å²) in [6.45, 7) is 6.99. The van der Waals surface area contributed by atoms with Crippen LogP contribution in [0.15, 0.2) is 0 Å². The Hall–Kier alpha value is 0.210. The van der Waals surface area contributed by atoms with Crippen molar-refractivity contribution in [1.82, 2.24) is 5.32 Å². The molecule has 0 saturated heterocycles. The van der Waals surface area contributed by atoms with Crippen LogP contribution in [0.3, 0.4) is 0 Å². The van der Waals surface area contributed by atoms with Gasteiger partial charge in [0.05, 0.1) is 12.0 Å². The van der Waals surface area contributed by atoms with Crippen molar-refractivity contribution >= 4 is 11.6 Å². The second-order valence-electron chi connectivity index (χ2n) is 3.60. The van der Waals surface area contributed by atoms with E-state index in [-0.39, 0.29) is 5.38 Å². The molecule has 0 saturated carbocycles. The van der Waals surface area contributed by atoms with Gasteiger partial charge in [-0.15, -0.1) is 11.6 Å². The lowest BCUT2D eigenvalue weighted by Crippen LogP contribution is -2.29. The molecule has 3 heteroatoms. The molecule has 13 heavy (non-hydrogen) atoms. The summed E-state index contributed by atoms with van der Waals surface area (Å²) in [6, 6.07) is 0. The van der Waals surface area contributed by atoms with Crippen LogP contribution in [-0.2, 0) is 4.74 Å². The van der Waals surface area contributed by atoms with E-state index in [1.165, 1.54) is 12.8 Å². The highest BCUT2D eigenvalue weighted by atomic mass is 35.5. The van der Waals surface area contributed by atoms with Crippen molar-refractivity contribution in [2.24, 2.45) is 5.92 Å². The van der Waals surface area contributed by atoms with Crippen molar-refractivity contribution in [3.8, 4) is 0 Å². The molecule has 0 aliphatic carbocycles. The zero-order valence-corrected chi connectivity index (χ0v) is 9.73. The first kappa shape index (κ1) is 13.2. The largest absolute Gasteiger partial charge is 0.383 e. The fraction of sp³-hybridized carbons (Fsp3) is 1.00. The van der Waals surface area contributed by atoms with Gasteiger partial charge < -0.3 is 10.1 Å². The maximum absolute atomic E-state index is 5.95. The number of hydrogen-bond acceptors (Lipinski definition) is 2. The highest BCUT2D eigenvalue weighted by molar-refractivity contribution is 6.20. The van der Waals surface area contributed by atoms with Crippen LogP contribution in [0.5, 0.6) is 0 Å². The lowest BCUT2D eigenvalue weighted by Gasteiger charge is -2.13. The number of alkyl halides is 1. The third kappa shape index (κ3) is 8.54. The smallest absolute Gasteiger partial charge is 0.0693 e. The number of methoxy groups -OCH3 is 1. The maximum Gasteiger partial charge on any atom is 0.0693 e. The van der Waals surface area contributed by atoms with Crippen molar-refractivity contribution in [2.45, 2.75) is 32.1 Å². The van der Waals surface area contributed by atoms with Crippen molar-refractivity contribution < 1.29 is 4.74 Å². The first-order valence-electron chi connectivity index (χ1n) is 5.04. The third-order valence-electron chi connectivity index (χ3n) is 1.99. The fourth-order valence-electron chi connectivity index (χ4n) is 1.32. The standard InChI is InChI=1S/C10H22ClNO/c1-4-5-9(2)6-12-7-10(11)8-13-3/h9-10,12H,4-8H2,1-3H3. The van der Waals surface area contributed by atoms with Crippen LogP contribution >= 0.6 is 11.6 Å². The summed E-state index contributed by atoms with van der Waals surface area (Å²) in [7, 11) is 1.68. The highest BCUT2D eigenvalue weighted by Gasteiger charge is 2.04. The van der Waals surface area contributed by atoms with Gasteiger partial charge in [0, 0.05) is 13.7 Å². The molecule has 0 bridgehead atoms. The van der Waals surface area contributed by atoms with Gasteiger partial charge >= 0.3 is 0 Å². The molecule has 0 aromatic rings. The molecule has 2 atom stereocenters. The first-order valence-corrected chi connectivity index (χ1v) is 5.48. The Kier molecular flexibility index (Phi) is 8.93. The maximum atomic E-state index is 5.95. The van der Waals surface area contributed by atoms with Gasteiger partial charge in [0.25, 0.3) is 0 Å². The van der Waals surface area contributed by atoms with Crippen LogP contribution in [-0.4, -0.2) is 32.2 Å². The second-order valence-corrected chi connectivity index (χ2v) is 4.22. The van der Waals surface area contributed by atoms with E-state index < -0.39 is 0 Å². The molecule has 2 nitrogen and oxygen atoms in total. The van der Waals surface area contributed by atoms with Crippen molar-refractivity contribution in [1.29, 1.82) is 0 Å². The predicted molar refractivity (Wildman–Crippen MR) is 58.5 cm³/mol. The van der Waals surface area contributed by atoms with Gasteiger partial charge in [-0.05, 0) is 18.9 Å². The van der Waals surface area contributed by atoms with Gasteiger partial charge in [-0.25, -0.2) is 0 Å². The second kappa shape index (κ2) is 8.79. The Morgan fingerprint density at radius 2 is 2.08 bits per heavy atom. The van der Waals surface area contributed by atoms with E-state index in [9.17, 15) is 0 Å². The quantitative estimate of drug-likeness (QED) is 0.617. The van der Waals surface area contributed by atoms with Crippen molar-refractivity contribution in [2.75, 3.05) is 26.8 Å². The van der Waals surface area contributed by atoms with E-state index in [1.807, 2.05) is 0 Å². The Bertz CT molecular complexity index is 99.1. The molecule has 0 aromatic heterocycles. The topological polar surface area (TPSA) is 21.3 Å². The van der Waals surface area contributed by atoms with Crippen LogP contribution in [0.2, 0.25) is 0 Å². The molecule has 80 valence electrons. The lowest BCUT2D eigenvalue weighted by atomic mass is 10.1. The summed E-state index contributed by atoms with van der Waals surface area (Å²) >= 11 is 5.95. The van der Waals surface area contributed by atoms with E-state index >= 15 is 0 Å². The zero-order chi connectivity index (χ0) is 10.1. The van der Waals surface area contributed by atoms with Crippen LogP contribution in [0.25, 0.3) is 0 Å². The van der Waals surface area contributed by atoms with Crippen LogP contribution in [0, 0.1) is 5.92 Å². The average Bonchev–Trinajstić information content (AvgIpc) is 2.05. The minimum Gasteiger partial charge on any atom is -0.383 e. The number of halogens is 1. The summed E-state index contributed by atoms with van der Waals surface area (Å²) in [5.41, 5.74) is 0.